The molecule has 0 amide bonds. The Hall–Kier alpha value is -1.79. The number of nitrogens with two attached hydrogens (primary N) is 1. The number of carbonyl (C=O) groups is 1. The van der Waals surface area contributed by atoms with Gasteiger partial charge in [-0.15, -0.1) is 0 Å². The quantitative estimate of drug-likeness (QED) is 0.727. The predicted molar refractivity (Wildman–Crippen MR) is 40.6 cm³/mol. The summed E-state index contributed by atoms with van der Waals surface area (Å²) >= 11 is 0. The second kappa shape index (κ2) is 3.17. The van der Waals surface area contributed by atoms with E-state index in [4.69, 9.17) is 10.8 Å². The Balaban J connectivity index is 3.20. The fraction of sp³-hybridized carbons (Fsp3) is 0.143. The van der Waals surface area contributed by atoms with Gasteiger partial charge in [0.1, 0.15) is 11.3 Å². The van der Waals surface area contributed by atoms with Crippen molar-refractivity contribution in [3.63, 3.8) is 0 Å². The van der Waals surface area contributed by atoms with Crippen LogP contribution in [0.25, 0.3) is 0 Å². The van der Waals surface area contributed by atoms with Crippen molar-refractivity contribution in [1.29, 1.82) is 0 Å². The number of aromatic carboxylic acids is 1. The van der Waals surface area contributed by atoms with Crippen molar-refractivity contribution in [2.24, 2.45) is 0 Å². The van der Waals surface area contributed by atoms with Crippen molar-refractivity contribution in [3.8, 4) is 0 Å². The third kappa shape index (κ3) is 1.93. The van der Waals surface area contributed by atoms with E-state index in [9.17, 15) is 18.0 Å². The van der Waals surface area contributed by atoms with E-state index in [1.165, 1.54) is 0 Å². The van der Waals surface area contributed by atoms with Crippen molar-refractivity contribution in [3.05, 3.63) is 23.5 Å². The van der Waals surface area contributed by atoms with Crippen molar-refractivity contribution < 1.29 is 23.1 Å². The van der Waals surface area contributed by atoms with Gasteiger partial charge in [-0.3, -0.25) is 4.98 Å². The van der Waals surface area contributed by atoms with Gasteiger partial charge in [0.2, 0.25) is 0 Å². The SMILES string of the molecule is Nc1cc(C(F)(F)F)ncc1C(=O)O. The van der Waals surface area contributed by atoms with Crippen molar-refractivity contribution in [1.82, 2.24) is 4.98 Å². The van der Waals surface area contributed by atoms with Crippen molar-refractivity contribution in [2.45, 2.75) is 6.18 Å². The highest BCUT2D eigenvalue weighted by Gasteiger charge is 2.33. The van der Waals surface area contributed by atoms with Gasteiger partial charge in [-0.1, -0.05) is 0 Å². The number of carboxylic acid groups (broad SMARTS) is 1. The van der Waals surface area contributed by atoms with Gasteiger partial charge in [0, 0.05) is 11.9 Å². The fourth-order valence-electron chi connectivity index (χ4n) is 0.805. The van der Waals surface area contributed by atoms with Crippen molar-refractivity contribution >= 4 is 11.7 Å². The molecular formula is C7H5F3N2O2. The first kappa shape index (κ1) is 10.3. The second-order valence-corrected chi connectivity index (χ2v) is 2.46. The molecule has 0 spiro atoms. The molecule has 0 atom stereocenters. The average molecular weight is 206 g/mol. The van der Waals surface area contributed by atoms with Crippen LogP contribution in [-0.2, 0) is 6.18 Å². The maximum Gasteiger partial charge on any atom is 0.433 e. The summed E-state index contributed by atoms with van der Waals surface area (Å²) in [5.74, 6) is -1.41. The highest BCUT2D eigenvalue weighted by atomic mass is 19.4. The van der Waals surface area contributed by atoms with Crippen LogP contribution in [0.15, 0.2) is 12.3 Å². The molecule has 1 heterocycles. The third-order valence-electron chi connectivity index (χ3n) is 1.46. The zero-order valence-corrected chi connectivity index (χ0v) is 6.67. The van der Waals surface area contributed by atoms with Gasteiger partial charge in [-0.2, -0.15) is 13.2 Å². The van der Waals surface area contributed by atoms with E-state index >= 15 is 0 Å². The minimum atomic E-state index is -4.62. The van der Waals surface area contributed by atoms with E-state index in [2.05, 4.69) is 4.98 Å². The molecule has 0 aliphatic carbocycles. The molecule has 0 unspecified atom stereocenters. The highest BCUT2D eigenvalue weighted by molar-refractivity contribution is 5.93. The zero-order valence-electron chi connectivity index (χ0n) is 6.67. The molecule has 0 aliphatic rings. The Bertz CT molecular complexity index is 376. The highest BCUT2D eigenvalue weighted by Crippen LogP contribution is 2.29. The summed E-state index contributed by atoms with van der Waals surface area (Å²) in [6.45, 7) is 0. The molecule has 3 N–H and O–H groups in total. The smallest absolute Gasteiger partial charge is 0.433 e. The summed E-state index contributed by atoms with van der Waals surface area (Å²) in [6, 6.07) is 0.490. The lowest BCUT2D eigenvalue weighted by atomic mass is 10.2. The molecule has 1 aromatic rings. The van der Waals surface area contributed by atoms with E-state index in [0.29, 0.717) is 12.3 Å². The molecule has 0 aromatic carbocycles. The molecule has 0 aliphatic heterocycles. The molecular weight excluding hydrogens is 201 g/mol. The van der Waals surface area contributed by atoms with E-state index in [-0.39, 0.29) is 0 Å². The summed E-state index contributed by atoms with van der Waals surface area (Å²) in [5, 5.41) is 8.46. The van der Waals surface area contributed by atoms with Crippen molar-refractivity contribution in [2.75, 3.05) is 5.73 Å². The number of hydrogen-bond acceptors (Lipinski definition) is 3. The van der Waals surface area contributed by atoms with Crippen LogP contribution in [0, 0.1) is 0 Å². The van der Waals surface area contributed by atoms with Gasteiger partial charge in [0.15, 0.2) is 0 Å². The molecule has 0 bridgehead atoms. The summed E-state index contributed by atoms with van der Waals surface area (Å²) in [6.07, 6.45) is -4.04. The van der Waals surface area contributed by atoms with E-state index in [1.54, 1.807) is 0 Å². The number of rotatable bonds is 1. The molecule has 14 heavy (non-hydrogen) atoms. The first-order chi connectivity index (χ1) is 6.32. The second-order valence-electron chi connectivity index (χ2n) is 2.46. The molecule has 1 rings (SSSR count). The molecule has 4 nitrogen and oxygen atoms in total. The van der Waals surface area contributed by atoms with Gasteiger partial charge < -0.3 is 10.8 Å². The minimum absolute atomic E-state index is 0.446. The number of alkyl halides is 3. The topological polar surface area (TPSA) is 76.2 Å². The molecule has 7 heteroatoms. The minimum Gasteiger partial charge on any atom is -0.478 e. The number of nitrogen functional groups attached to an aromatic ring is 1. The Morgan fingerprint density at radius 2 is 2.07 bits per heavy atom. The molecule has 1 aromatic heterocycles. The Labute approximate surface area is 76.2 Å². The van der Waals surface area contributed by atoms with Crippen LogP contribution in [-0.4, -0.2) is 16.1 Å². The van der Waals surface area contributed by atoms with Gasteiger partial charge in [-0.25, -0.2) is 4.79 Å². The van der Waals surface area contributed by atoms with E-state index < -0.39 is 29.1 Å². The van der Waals surface area contributed by atoms with Gasteiger partial charge >= 0.3 is 12.1 Å². The lowest BCUT2D eigenvalue weighted by Gasteiger charge is -2.07. The van der Waals surface area contributed by atoms with Crippen LogP contribution in [0.3, 0.4) is 0 Å². The predicted octanol–water partition coefficient (Wildman–Crippen LogP) is 1.38. The summed E-state index contributed by atoms with van der Waals surface area (Å²) < 4.78 is 36.1. The molecule has 0 fully saturated rings. The Morgan fingerprint density at radius 1 is 1.50 bits per heavy atom. The van der Waals surface area contributed by atoms with Crippen LogP contribution in [0.4, 0.5) is 18.9 Å². The maximum atomic E-state index is 12.0. The normalized spacial score (nSPS) is 11.4. The number of hydrogen-bond donors (Lipinski definition) is 2. The molecule has 0 saturated heterocycles. The third-order valence-corrected chi connectivity index (χ3v) is 1.46. The maximum absolute atomic E-state index is 12.0. The number of halogens is 3. The lowest BCUT2D eigenvalue weighted by Crippen LogP contribution is -2.11. The number of carboxylic acids is 1. The van der Waals surface area contributed by atoms with Crippen LogP contribution in [0.2, 0.25) is 0 Å². The summed E-state index contributed by atoms with van der Waals surface area (Å²) in [5.41, 5.74) is 2.99. The average Bonchev–Trinajstić information content (AvgIpc) is 2.01. The lowest BCUT2D eigenvalue weighted by molar-refractivity contribution is -0.141. The molecule has 76 valence electrons. The fourth-order valence-corrected chi connectivity index (χ4v) is 0.805. The van der Waals surface area contributed by atoms with Crippen LogP contribution in [0.5, 0.6) is 0 Å². The van der Waals surface area contributed by atoms with E-state index in [1.807, 2.05) is 0 Å². The largest absolute Gasteiger partial charge is 0.478 e. The zero-order chi connectivity index (χ0) is 10.9. The van der Waals surface area contributed by atoms with Gasteiger partial charge in [0.05, 0.1) is 0 Å². The van der Waals surface area contributed by atoms with Crippen LogP contribution < -0.4 is 5.73 Å². The van der Waals surface area contributed by atoms with Crippen LogP contribution >= 0.6 is 0 Å². The Kier molecular flexibility index (Phi) is 2.33. The summed E-state index contributed by atoms with van der Waals surface area (Å²) in [7, 11) is 0. The van der Waals surface area contributed by atoms with E-state index in [0.717, 1.165) is 0 Å². The number of pyridine rings is 1. The van der Waals surface area contributed by atoms with Gasteiger partial charge in [-0.05, 0) is 6.07 Å². The molecule has 0 saturated carbocycles. The number of nitrogens with zero attached hydrogens (tertiary/aromatic N) is 1. The molecule has 0 radical (unpaired) electrons. The standard InChI is InChI=1S/C7H5F3N2O2/c8-7(9,10)5-1-4(11)3(2-12-5)6(13)14/h1-2H,(H2,11,12)(H,13,14). The van der Waals surface area contributed by atoms with Crippen LogP contribution in [0.1, 0.15) is 16.1 Å². The number of anilines is 1. The first-order valence-electron chi connectivity index (χ1n) is 3.38. The Morgan fingerprint density at radius 3 is 2.43 bits per heavy atom. The summed E-state index contributed by atoms with van der Waals surface area (Å²) in [4.78, 5) is 13.3. The first-order valence-corrected chi connectivity index (χ1v) is 3.38. The number of aromatic nitrogens is 1. The van der Waals surface area contributed by atoms with Gasteiger partial charge in [0.25, 0.3) is 0 Å². The monoisotopic (exact) mass is 206 g/mol.